The average Bonchev–Trinajstić information content (AvgIpc) is 2.36. The molecule has 114 valence electrons. The van der Waals surface area contributed by atoms with Crippen molar-refractivity contribution in [2.45, 2.75) is 45.6 Å². The number of nitrogens with two attached hydrogens (primary N) is 1. The average molecular weight is 299 g/mol. The van der Waals surface area contributed by atoms with Gasteiger partial charge in [-0.05, 0) is 38.7 Å². The highest BCUT2D eigenvalue weighted by molar-refractivity contribution is 7.98. The molecule has 0 aromatic carbocycles. The molecule has 6 nitrogen and oxygen atoms in total. The van der Waals surface area contributed by atoms with Gasteiger partial charge in [-0.3, -0.25) is 0 Å². The highest BCUT2D eigenvalue weighted by Gasteiger charge is 2.06. The van der Waals surface area contributed by atoms with Crippen molar-refractivity contribution >= 4 is 23.7 Å². The Kier molecular flexibility index (Phi) is 8.10. The number of hydrogen-bond acceptors (Lipinski definition) is 7. The monoisotopic (exact) mass is 299 g/mol. The Morgan fingerprint density at radius 2 is 1.90 bits per heavy atom. The van der Waals surface area contributed by atoms with E-state index < -0.39 is 0 Å². The molecule has 0 fully saturated rings. The fourth-order valence-electron chi connectivity index (χ4n) is 1.64. The molecule has 0 unspecified atom stereocenters. The summed E-state index contributed by atoms with van der Waals surface area (Å²) in [6.45, 7) is 4.67. The molecule has 0 saturated heterocycles. The third-order valence-electron chi connectivity index (χ3n) is 2.53. The van der Waals surface area contributed by atoms with Crippen LogP contribution >= 0.6 is 11.8 Å². The number of rotatable bonds is 10. The smallest absolute Gasteiger partial charge is 0.323 e. The Hall–Kier alpha value is -1.24. The number of nitrogens with zero attached hydrogens (tertiary/aromatic N) is 3. The number of nitrogens with one attached hydrogen (secondary N) is 1. The topological polar surface area (TPSA) is 86.0 Å². The van der Waals surface area contributed by atoms with Gasteiger partial charge in [0.25, 0.3) is 0 Å². The molecule has 1 heterocycles. The zero-order valence-electron chi connectivity index (χ0n) is 12.6. The molecule has 0 amide bonds. The van der Waals surface area contributed by atoms with Gasteiger partial charge in [0.1, 0.15) is 0 Å². The molecular formula is C13H25N5OS. The van der Waals surface area contributed by atoms with Crippen molar-refractivity contribution in [1.82, 2.24) is 15.0 Å². The summed E-state index contributed by atoms with van der Waals surface area (Å²) in [4.78, 5) is 12.2. The van der Waals surface area contributed by atoms with E-state index in [-0.39, 0.29) is 18.1 Å². The first-order valence-corrected chi connectivity index (χ1v) is 8.42. The standard InChI is InChI=1S/C13H25N5OS/c1-10(2)19-13-17-11(14)16-12(18-13)15-8-6-4-5-7-9-20-3/h10H,4-9H2,1-3H3,(H3,14,15,16,17,18). The maximum Gasteiger partial charge on any atom is 0.323 e. The normalized spacial score (nSPS) is 10.8. The molecule has 1 rings (SSSR count). The Balaban J connectivity index is 2.30. The van der Waals surface area contributed by atoms with Crippen molar-refractivity contribution in [1.29, 1.82) is 0 Å². The summed E-state index contributed by atoms with van der Waals surface area (Å²) >= 11 is 1.90. The highest BCUT2D eigenvalue weighted by Crippen LogP contribution is 2.11. The first-order valence-electron chi connectivity index (χ1n) is 7.03. The van der Waals surface area contributed by atoms with Gasteiger partial charge in [0, 0.05) is 6.54 Å². The summed E-state index contributed by atoms with van der Waals surface area (Å²) in [7, 11) is 0. The molecule has 0 aliphatic rings. The van der Waals surface area contributed by atoms with E-state index in [1.807, 2.05) is 25.6 Å². The van der Waals surface area contributed by atoms with Crippen LogP contribution in [0.3, 0.4) is 0 Å². The van der Waals surface area contributed by atoms with Crippen LogP contribution in [0.1, 0.15) is 39.5 Å². The molecule has 0 aliphatic carbocycles. The van der Waals surface area contributed by atoms with E-state index in [1.165, 1.54) is 25.0 Å². The second-order valence-electron chi connectivity index (χ2n) is 4.80. The number of anilines is 2. The number of unbranched alkanes of at least 4 members (excludes halogenated alkanes) is 3. The summed E-state index contributed by atoms with van der Waals surface area (Å²) in [5, 5.41) is 3.16. The number of aromatic nitrogens is 3. The van der Waals surface area contributed by atoms with E-state index >= 15 is 0 Å². The zero-order valence-corrected chi connectivity index (χ0v) is 13.4. The molecule has 0 spiro atoms. The van der Waals surface area contributed by atoms with Crippen LogP contribution in [0.5, 0.6) is 6.01 Å². The second-order valence-corrected chi connectivity index (χ2v) is 5.79. The van der Waals surface area contributed by atoms with E-state index in [2.05, 4.69) is 26.5 Å². The summed E-state index contributed by atoms with van der Waals surface area (Å²) in [5.41, 5.74) is 5.64. The number of nitrogen functional groups attached to an aromatic ring is 1. The fourth-order valence-corrected chi connectivity index (χ4v) is 2.13. The molecule has 3 N–H and O–H groups in total. The number of hydrogen-bond donors (Lipinski definition) is 2. The predicted molar refractivity (Wildman–Crippen MR) is 85.3 cm³/mol. The first-order chi connectivity index (χ1) is 9.61. The van der Waals surface area contributed by atoms with Gasteiger partial charge in [-0.1, -0.05) is 12.8 Å². The third-order valence-corrected chi connectivity index (χ3v) is 3.23. The zero-order chi connectivity index (χ0) is 14.8. The Morgan fingerprint density at radius 1 is 1.15 bits per heavy atom. The van der Waals surface area contributed by atoms with E-state index in [4.69, 9.17) is 10.5 Å². The molecule has 1 aromatic heterocycles. The molecule has 0 radical (unpaired) electrons. The summed E-state index contributed by atoms with van der Waals surface area (Å²) in [5.74, 6) is 1.91. The summed E-state index contributed by atoms with van der Waals surface area (Å²) in [6.07, 6.45) is 7.02. The van der Waals surface area contributed by atoms with Crippen LogP contribution in [-0.4, -0.2) is 39.6 Å². The Labute approximate surface area is 125 Å². The molecular weight excluding hydrogens is 274 g/mol. The van der Waals surface area contributed by atoms with E-state index in [0.29, 0.717) is 5.95 Å². The van der Waals surface area contributed by atoms with Crippen LogP contribution in [0.15, 0.2) is 0 Å². The van der Waals surface area contributed by atoms with Crippen molar-refractivity contribution in [2.24, 2.45) is 0 Å². The van der Waals surface area contributed by atoms with Crippen molar-refractivity contribution < 1.29 is 4.74 Å². The molecule has 7 heteroatoms. The van der Waals surface area contributed by atoms with Crippen LogP contribution in [0, 0.1) is 0 Å². The van der Waals surface area contributed by atoms with E-state index in [9.17, 15) is 0 Å². The van der Waals surface area contributed by atoms with Crippen LogP contribution in [0.4, 0.5) is 11.9 Å². The van der Waals surface area contributed by atoms with Crippen LogP contribution < -0.4 is 15.8 Å². The third kappa shape index (κ3) is 7.37. The quantitative estimate of drug-likeness (QED) is 0.642. The SMILES string of the molecule is CSCCCCCCNc1nc(N)nc(OC(C)C)n1. The lowest BCUT2D eigenvalue weighted by molar-refractivity contribution is 0.222. The minimum absolute atomic E-state index is 0.0149. The lowest BCUT2D eigenvalue weighted by Crippen LogP contribution is -2.13. The van der Waals surface area contributed by atoms with E-state index in [0.717, 1.165) is 13.0 Å². The van der Waals surface area contributed by atoms with Gasteiger partial charge in [0.2, 0.25) is 11.9 Å². The minimum Gasteiger partial charge on any atom is -0.461 e. The van der Waals surface area contributed by atoms with Gasteiger partial charge in [0.15, 0.2) is 0 Å². The Morgan fingerprint density at radius 3 is 2.60 bits per heavy atom. The summed E-state index contributed by atoms with van der Waals surface area (Å²) in [6, 6.07) is 0.273. The van der Waals surface area contributed by atoms with Crippen LogP contribution in [0.25, 0.3) is 0 Å². The van der Waals surface area contributed by atoms with E-state index in [1.54, 1.807) is 0 Å². The van der Waals surface area contributed by atoms with Crippen molar-refractivity contribution in [3.8, 4) is 6.01 Å². The lowest BCUT2D eigenvalue weighted by Gasteiger charge is -2.10. The Bertz CT molecular complexity index is 389. The van der Waals surface area contributed by atoms with Gasteiger partial charge in [-0.15, -0.1) is 0 Å². The van der Waals surface area contributed by atoms with Gasteiger partial charge in [-0.2, -0.15) is 26.7 Å². The second kappa shape index (κ2) is 9.63. The van der Waals surface area contributed by atoms with Gasteiger partial charge in [-0.25, -0.2) is 0 Å². The molecule has 1 aromatic rings. The summed E-state index contributed by atoms with van der Waals surface area (Å²) < 4.78 is 5.42. The van der Waals surface area contributed by atoms with Crippen LogP contribution in [-0.2, 0) is 0 Å². The fraction of sp³-hybridized carbons (Fsp3) is 0.769. The molecule has 0 aliphatic heterocycles. The largest absolute Gasteiger partial charge is 0.461 e. The van der Waals surface area contributed by atoms with Crippen LogP contribution in [0.2, 0.25) is 0 Å². The van der Waals surface area contributed by atoms with Crippen molar-refractivity contribution in [2.75, 3.05) is 29.6 Å². The molecule has 0 bridgehead atoms. The minimum atomic E-state index is 0.0149. The molecule has 0 atom stereocenters. The molecule has 0 saturated carbocycles. The van der Waals surface area contributed by atoms with Crippen molar-refractivity contribution in [3.63, 3.8) is 0 Å². The number of ether oxygens (including phenoxy) is 1. The lowest BCUT2D eigenvalue weighted by atomic mass is 10.2. The van der Waals surface area contributed by atoms with Gasteiger partial charge in [0.05, 0.1) is 6.10 Å². The van der Waals surface area contributed by atoms with Gasteiger partial charge >= 0.3 is 6.01 Å². The maximum atomic E-state index is 5.64. The highest BCUT2D eigenvalue weighted by atomic mass is 32.2. The van der Waals surface area contributed by atoms with Crippen molar-refractivity contribution in [3.05, 3.63) is 0 Å². The predicted octanol–water partition coefficient (Wildman–Crippen LogP) is 2.58. The first kappa shape index (κ1) is 16.8. The maximum absolute atomic E-state index is 5.64. The van der Waals surface area contributed by atoms with Gasteiger partial charge < -0.3 is 15.8 Å². The molecule has 20 heavy (non-hydrogen) atoms. The number of thioether (sulfide) groups is 1.